The van der Waals surface area contributed by atoms with Crippen LogP contribution in [0.2, 0.25) is 0 Å². The highest BCUT2D eigenvalue weighted by Gasteiger charge is 1.91. The molecule has 0 radical (unpaired) electrons. The van der Waals surface area contributed by atoms with Crippen LogP contribution in [0.3, 0.4) is 0 Å². The van der Waals surface area contributed by atoms with Gasteiger partial charge in [-0.3, -0.25) is 0 Å². The van der Waals surface area contributed by atoms with Crippen LogP contribution in [0.5, 0.6) is 0 Å². The van der Waals surface area contributed by atoms with Gasteiger partial charge in [-0.2, -0.15) is 0 Å². The third-order valence-corrected chi connectivity index (χ3v) is 1.76. The molecular weight excluding hydrogens is 150 g/mol. The first-order chi connectivity index (χ1) is 5.91. The van der Waals surface area contributed by atoms with Crippen molar-refractivity contribution in [1.29, 1.82) is 0 Å². The summed E-state index contributed by atoms with van der Waals surface area (Å²) < 4.78 is 0. The van der Waals surface area contributed by atoms with E-state index in [2.05, 4.69) is 17.6 Å². The standard InChI is InChI=1S/C5H13N.C4H10N2/c1-2-3-4-5-6;1-2-6-4-3-5-1/h2-6H2,1H3;5-6H,1-4H2. The van der Waals surface area contributed by atoms with Gasteiger partial charge in [-0.1, -0.05) is 19.8 Å². The summed E-state index contributed by atoms with van der Waals surface area (Å²) in [7, 11) is 0. The molecule has 0 aromatic rings. The molecule has 1 heterocycles. The minimum Gasteiger partial charge on any atom is -0.330 e. The van der Waals surface area contributed by atoms with E-state index in [4.69, 9.17) is 5.73 Å². The Morgan fingerprint density at radius 1 is 1.00 bits per heavy atom. The first-order valence-corrected chi connectivity index (χ1v) is 5.03. The lowest BCUT2D eigenvalue weighted by molar-refractivity contribution is 0.534. The molecule has 0 spiro atoms. The van der Waals surface area contributed by atoms with E-state index >= 15 is 0 Å². The van der Waals surface area contributed by atoms with Crippen molar-refractivity contribution in [3.63, 3.8) is 0 Å². The first-order valence-electron chi connectivity index (χ1n) is 5.03. The fourth-order valence-electron chi connectivity index (χ4n) is 0.998. The molecule has 0 unspecified atom stereocenters. The molecule has 1 rings (SSSR count). The molecule has 0 aromatic carbocycles. The molecule has 0 aliphatic carbocycles. The van der Waals surface area contributed by atoms with Crippen LogP contribution in [0.25, 0.3) is 0 Å². The number of unbranched alkanes of at least 4 members (excludes halogenated alkanes) is 2. The number of piperazine rings is 1. The fourth-order valence-corrected chi connectivity index (χ4v) is 0.998. The van der Waals surface area contributed by atoms with Crippen molar-refractivity contribution in [2.24, 2.45) is 5.73 Å². The zero-order valence-electron chi connectivity index (χ0n) is 8.23. The predicted octanol–water partition coefficient (Wildman–Crippen LogP) is 0.315. The summed E-state index contributed by atoms with van der Waals surface area (Å²) in [6.07, 6.45) is 3.75. The van der Waals surface area contributed by atoms with Gasteiger partial charge in [0.15, 0.2) is 0 Å². The van der Waals surface area contributed by atoms with Crippen LogP contribution in [0.1, 0.15) is 26.2 Å². The Kier molecular flexibility index (Phi) is 10.8. The van der Waals surface area contributed by atoms with Gasteiger partial charge in [0.2, 0.25) is 0 Å². The lowest BCUT2D eigenvalue weighted by atomic mass is 10.3. The van der Waals surface area contributed by atoms with Crippen LogP contribution in [0.15, 0.2) is 0 Å². The molecule has 0 saturated carbocycles. The maximum atomic E-state index is 5.21. The Morgan fingerprint density at radius 2 is 1.50 bits per heavy atom. The summed E-state index contributed by atoms with van der Waals surface area (Å²) >= 11 is 0. The van der Waals surface area contributed by atoms with E-state index in [1.165, 1.54) is 19.3 Å². The van der Waals surface area contributed by atoms with Gasteiger partial charge in [0.1, 0.15) is 0 Å². The minimum atomic E-state index is 0.855. The summed E-state index contributed by atoms with van der Waals surface area (Å²) in [5.74, 6) is 0. The van der Waals surface area contributed by atoms with Gasteiger partial charge in [-0.25, -0.2) is 0 Å². The Bertz CT molecular complexity index is 56.7. The molecule has 0 bridgehead atoms. The van der Waals surface area contributed by atoms with Gasteiger partial charge in [-0.15, -0.1) is 0 Å². The molecule has 0 aromatic heterocycles. The third-order valence-electron chi connectivity index (χ3n) is 1.76. The van der Waals surface area contributed by atoms with Crippen molar-refractivity contribution in [3.05, 3.63) is 0 Å². The van der Waals surface area contributed by atoms with Gasteiger partial charge in [0, 0.05) is 26.2 Å². The molecule has 0 amide bonds. The largest absolute Gasteiger partial charge is 0.330 e. The first kappa shape index (κ1) is 11.9. The molecule has 74 valence electrons. The quantitative estimate of drug-likeness (QED) is 0.539. The average molecular weight is 173 g/mol. The molecule has 1 aliphatic rings. The zero-order valence-corrected chi connectivity index (χ0v) is 8.23. The topological polar surface area (TPSA) is 50.1 Å². The summed E-state index contributed by atoms with van der Waals surface area (Å²) in [6, 6.07) is 0. The average Bonchev–Trinajstić information content (AvgIpc) is 2.18. The van der Waals surface area contributed by atoms with Crippen molar-refractivity contribution < 1.29 is 0 Å². The second-order valence-electron chi connectivity index (χ2n) is 3.00. The molecule has 1 saturated heterocycles. The smallest absolute Gasteiger partial charge is 0.00772 e. The van der Waals surface area contributed by atoms with E-state index in [-0.39, 0.29) is 0 Å². The monoisotopic (exact) mass is 173 g/mol. The van der Waals surface area contributed by atoms with Gasteiger partial charge in [0.25, 0.3) is 0 Å². The summed E-state index contributed by atoms with van der Waals surface area (Å²) in [5.41, 5.74) is 5.21. The van der Waals surface area contributed by atoms with Gasteiger partial charge < -0.3 is 16.4 Å². The Hall–Kier alpha value is -0.120. The summed E-state index contributed by atoms with van der Waals surface area (Å²) in [6.45, 7) is 7.59. The van der Waals surface area contributed by atoms with Crippen LogP contribution < -0.4 is 16.4 Å². The van der Waals surface area contributed by atoms with Crippen molar-refractivity contribution in [3.8, 4) is 0 Å². The van der Waals surface area contributed by atoms with E-state index in [0.717, 1.165) is 32.7 Å². The van der Waals surface area contributed by atoms with E-state index in [0.29, 0.717) is 0 Å². The normalized spacial score (nSPS) is 16.5. The predicted molar refractivity (Wildman–Crippen MR) is 54.3 cm³/mol. The molecule has 1 fully saturated rings. The minimum absolute atomic E-state index is 0.855. The van der Waals surface area contributed by atoms with Gasteiger partial charge in [0.05, 0.1) is 0 Å². The third kappa shape index (κ3) is 9.88. The Labute approximate surface area is 76.1 Å². The molecule has 3 heteroatoms. The molecule has 4 N–H and O–H groups in total. The highest BCUT2D eigenvalue weighted by molar-refractivity contribution is 4.59. The lowest BCUT2D eigenvalue weighted by Gasteiger charge is -2.11. The highest BCUT2D eigenvalue weighted by Crippen LogP contribution is 1.88. The van der Waals surface area contributed by atoms with E-state index in [1.54, 1.807) is 0 Å². The van der Waals surface area contributed by atoms with Crippen LogP contribution in [-0.4, -0.2) is 32.7 Å². The second-order valence-corrected chi connectivity index (χ2v) is 3.00. The van der Waals surface area contributed by atoms with Crippen LogP contribution in [0.4, 0.5) is 0 Å². The molecule has 1 aliphatic heterocycles. The van der Waals surface area contributed by atoms with Gasteiger partial charge >= 0.3 is 0 Å². The Morgan fingerprint density at radius 3 is 1.67 bits per heavy atom. The highest BCUT2D eigenvalue weighted by atomic mass is 15.0. The molecular formula is C9H23N3. The van der Waals surface area contributed by atoms with Gasteiger partial charge in [-0.05, 0) is 13.0 Å². The number of nitrogens with two attached hydrogens (primary N) is 1. The van der Waals surface area contributed by atoms with E-state index in [9.17, 15) is 0 Å². The lowest BCUT2D eigenvalue weighted by Crippen LogP contribution is -2.39. The number of nitrogens with one attached hydrogen (secondary N) is 2. The number of hydrogen-bond acceptors (Lipinski definition) is 3. The summed E-state index contributed by atoms with van der Waals surface area (Å²) in [5, 5.41) is 6.44. The van der Waals surface area contributed by atoms with Crippen LogP contribution in [0, 0.1) is 0 Å². The maximum absolute atomic E-state index is 5.21. The van der Waals surface area contributed by atoms with E-state index in [1.807, 2.05) is 0 Å². The van der Waals surface area contributed by atoms with Crippen molar-refractivity contribution in [2.45, 2.75) is 26.2 Å². The van der Waals surface area contributed by atoms with Crippen LogP contribution in [-0.2, 0) is 0 Å². The molecule has 0 atom stereocenters. The Balaban J connectivity index is 0.000000202. The van der Waals surface area contributed by atoms with Crippen molar-refractivity contribution in [2.75, 3.05) is 32.7 Å². The molecule has 3 nitrogen and oxygen atoms in total. The fraction of sp³-hybridized carbons (Fsp3) is 1.00. The second kappa shape index (κ2) is 10.9. The van der Waals surface area contributed by atoms with Crippen LogP contribution >= 0.6 is 0 Å². The maximum Gasteiger partial charge on any atom is 0.00772 e. The number of rotatable bonds is 3. The zero-order chi connectivity index (χ0) is 9.07. The summed E-state index contributed by atoms with van der Waals surface area (Å²) in [4.78, 5) is 0. The van der Waals surface area contributed by atoms with Crippen molar-refractivity contribution in [1.82, 2.24) is 10.6 Å². The van der Waals surface area contributed by atoms with Crippen molar-refractivity contribution >= 4 is 0 Å². The number of hydrogen-bond donors (Lipinski definition) is 3. The van der Waals surface area contributed by atoms with E-state index < -0.39 is 0 Å². The molecule has 12 heavy (non-hydrogen) atoms. The SMILES string of the molecule is C1CNCCN1.CCCCCN.